The summed E-state index contributed by atoms with van der Waals surface area (Å²) in [5.41, 5.74) is 0.896. The average Bonchev–Trinajstić information content (AvgIpc) is 3.04. The second kappa shape index (κ2) is 3.73. The molecule has 4 rings (SSSR count). The summed E-state index contributed by atoms with van der Waals surface area (Å²) < 4.78 is 0.924. The number of benzene rings is 1. The normalized spacial score (nSPS) is 29.1. The summed E-state index contributed by atoms with van der Waals surface area (Å²) in [6.07, 6.45) is 6.66. The van der Waals surface area contributed by atoms with Gasteiger partial charge in [0.25, 0.3) is 5.91 Å². The van der Waals surface area contributed by atoms with Crippen LogP contribution in [-0.4, -0.2) is 11.9 Å². The summed E-state index contributed by atoms with van der Waals surface area (Å²) >= 11 is 3.47. The van der Waals surface area contributed by atoms with Gasteiger partial charge in [0.15, 0.2) is 5.54 Å². The van der Waals surface area contributed by atoms with Crippen LogP contribution in [0.2, 0.25) is 0 Å². The zero-order valence-corrected chi connectivity index (χ0v) is 12.3. The topological polar surface area (TPSA) is 58.2 Å². The largest absolute Gasteiger partial charge is 0.322 e. The van der Waals surface area contributed by atoms with E-state index in [4.69, 9.17) is 0 Å². The summed E-state index contributed by atoms with van der Waals surface area (Å²) in [6.45, 7) is 0. The van der Waals surface area contributed by atoms with E-state index in [-0.39, 0.29) is 11.3 Å². The first kappa shape index (κ1) is 12.1. The number of fused-ring (bicyclic) bond motifs is 3. The number of amides is 3. The van der Waals surface area contributed by atoms with Crippen molar-refractivity contribution in [2.45, 2.75) is 24.8 Å². The first-order valence-corrected chi connectivity index (χ1v) is 7.44. The molecule has 1 atom stereocenters. The summed E-state index contributed by atoms with van der Waals surface area (Å²) in [6, 6.07) is 5.61. The number of hydrogen-bond donors (Lipinski definition) is 2. The molecule has 1 aromatic rings. The van der Waals surface area contributed by atoms with E-state index in [2.05, 4.69) is 38.7 Å². The smallest absolute Gasteiger partial charge is 0.319 e. The standard InChI is InChI=1S/C15H13BrN2O2/c16-10-4-3-9-8-14(5-1-2-6-14)15(11(9)7-10)12(19)17-13(20)18-15/h1-4,7H,5-6,8H2,(H2,17,18,19,20). The minimum absolute atomic E-state index is 0.219. The number of imide groups is 1. The monoisotopic (exact) mass is 332 g/mol. The van der Waals surface area contributed by atoms with Gasteiger partial charge in [-0.25, -0.2) is 4.79 Å². The van der Waals surface area contributed by atoms with E-state index in [1.54, 1.807) is 0 Å². The second-order valence-corrected chi connectivity index (χ2v) is 6.71. The molecule has 5 heteroatoms. The van der Waals surface area contributed by atoms with E-state index >= 15 is 0 Å². The molecule has 2 N–H and O–H groups in total. The Morgan fingerprint density at radius 2 is 1.90 bits per heavy atom. The van der Waals surface area contributed by atoms with Crippen LogP contribution >= 0.6 is 15.9 Å². The molecule has 1 saturated heterocycles. The maximum atomic E-state index is 12.6. The average molecular weight is 333 g/mol. The lowest BCUT2D eigenvalue weighted by atomic mass is 9.68. The van der Waals surface area contributed by atoms with E-state index in [0.717, 1.165) is 34.9 Å². The predicted molar refractivity (Wildman–Crippen MR) is 77.0 cm³/mol. The Labute approximate surface area is 124 Å². The minimum atomic E-state index is -0.924. The molecule has 4 nitrogen and oxygen atoms in total. The lowest BCUT2D eigenvalue weighted by molar-refractivity contribution is -0.128. The maximum absolute atomic E-state index is 12.6. The third-order valence-corrected chi connectivity index (χ3v) is 5.35. The van der Waals surface area contributed by atoms with E-state index in [9.17, 15) is 9.59 Å². The van der Waals surface area contributed by atoms with E-state index in [0.29, 0.717) is 0 Å². The zero-order valence-electron chi connectivity index (χ0n) is 10.7. The number of rotatable bonds is 0. The van der Waals surface area contributed by atoms with E-state index in [1.807, 2.05) is 18.2 Å². The van der Waals surface area contributed by atoms with Crippen LogP contribution in [0.15, 0.2) is 34.8 Å². The summed E-state index contributed by atoms with van der Waals surface area (Å²) in [4.78, 5) is 24.4. The maximum Gasteiger partial charge on any atom is 0.322 e. The minimum Gasteiger partial charge on any atom is -0.319 e. The van der Waals surface area contributed by atoms with Gasteiger partial charge in [-0.2, -0.15) is 0 Å². The molecule has 0 saturated carbocycles. The van der Waals surface area contributed by atoms with Gasteiger partial charge in [0.2, 0.25) is 0 Å². The Hall–Kier alpha value is -1.62. The van der Waals surface area contributed by atoms with Gasteiger partial charge in [-0.15, -0.1) is 0 Å². The zero-order chi connectivity index (χ0) is 14.0. The molecular formula is C15H13BrN2O2. The fourth-order valence-electron chi connectivity index (χ4n) is 4.00. The van der Waals surface area contributed by atoms with Crippen molar-refractivity contribution in [2.24, 2.45) is 5.41 Å². The van der Waals surface area contributed by atoms with Crippen LogP contribution in [0.3, 0.4) is 0 Å². The predicted octanol–water partition coefficient (Wildman–Crippen LogP) is 2.38. The Morgan fingerprint density at radius 3 is 2.55 bits per heavy atom. The molecule has 2 aliphatic carbocycles. The van der Waals surface area contributed by atoms with Crippen LogP contribution < -0.4 is 10.6 Å². The van der Waals surface area contributed by atoms with Crippen LogP contribution in [0.4, 0.5) is 4.79 Å². The first-order chi connectivity index (χ1) is 9.57. The number of urea groups is 1. The molecule has 3 aliphatic rings. The molecule has 0 radical (unpaired) electrons. The van der Waals surface area contributed by atoms with Gasteiger partial charge in [0.1, 0.15) is 0 Å². The van der Waals surface area contributed by atoms with Gasteiger partial charge < -0.3 is 5.32 Å². The van der Waals surface area contributed by atoms with Crippen molar-refractivity contribution in [3.05, 3.63) is 46.0 Å². The highest BCUT2D eigenvalue weighted by atomic mass is 79.9. The fourth-order valence-corrected chi connectivity index (χ4v) is 4.37. The fraction of sp³-hybridized carbons (Fsp3) is 0.333. The van der Waals surface area contributed by atoms with Gasteiger partial charge in [-0.1, -0.05) is 34.1 Å². The number of allylic oxidation sites excluding steroid dienone is 2. The highest BCUT2D eigenvalue weighted by molar-refractivity contribution is 9.10. The van der Waals surface area contributed by atoms with Crippen LogP contribution in [0, 0.1) is 5.41 Å². The van der Waals surface area contributed by atoms with Crippen LogP contribution in [0.1, 0.15) is 24.0 Å². The number of carbonyl (C=O) groups is 2. The number of carbonyl (C=O) groups excluding carboxylic acids is 2. The molecule has 1 heterocycles. The van der Waals surface area contributed by atoms with Crippen molar-refractivity contribution in [1.82, 2.24) is 10.6 Å². The van der Waals surface area contributed by atoms with Crippen molar-refractivity contribution < 1.29 is 9.59 Å². The molecule has 102 valence electrons. The third-order valence-electron chi connectivity index (χ3n) is 4.85. The SMILES string of the molecule is O=C1NC(=O)C2(N1)c1cc(Br)ccc1CC21CC=CC1. The van der Waals surface area contributed by atoms with Crippen molar-refractivity contribution in [3.8, 4) is 0 Å². The number of halogens is 1. The van der Waals surface area contributed by atoms with Gasteiger partial charge in [-0.3, -0.25) is 10.1 Å². The van der Waals surface area contributed by atoms with Gasteiger partial charge in [0, 0.05) is 9.89 Å². The molecule has 1 aliphatic heterocycles. The lowest BCUT2D eigenvalue weighted by Gasteiger charge is -2.38. The van der Waals surface area contributed by atoms with Crippen LogP contribution in [-0.2, 0) is 16.8 Å². The van der Waals surface area contributed by atoms with E-state index in [1.165, 1.54) is 0 Å². The number of hydrogen-bond acceptors (Lipinski definition) is 2. The molecule has 20 heavy (non-hydrogen) atoms. The Kier molecular flexibility index (Phi) is 2.26. The Balaban J connectivity index is 1.99. The quantitative estimate of drug-likeness (QED) is 0.566. The van der Waals surface area contributed by atoms with Crippen molar-refractivity contribution in [2.75, 3.05) is 0 Å². The van der Waals surface area contributed by atoms with Gasteiger partial charge in [0.05, 0.1) is 0 Å². The Bertz CT molecular complexity index is 674. The Morgan fingerprint density at radius 1 is 1.15 bits per heavy atom. The second-order valence-electron chi connectivity index (χ2n) is 5.80. The molecule has 0 bridgehead atoms. The molecule has 2 spiro atoms. The molecule has 1 unspecified atom stereocenters. The third kappa shape index (κ3) is 1.26. The molecule has 1 aromatic carbocycles. The van der Waals surface area contributed by atoms with Crippen molar-refractivity contribution in [1.29, 1.82) is 0 Å². The summed E-state index contributed by atoms with van der Waals surface area (Å²) in [5, 5.41) is 5.36. The van der Waals surface area contributed by atoms with Crippen molar-refractivity contribution in [3.63, 3.8) is 0 Å². The number of nitrogens with one attached hydrogen (secondary N) is 2. The molecule has 3 amide bonds. The van der Waals surface area contributed by atoms with Gasteiger partial charge in [-0.05, 0) is 42.5 Å². The summed E-state index contributed by atoms with van der Waals surface area (Å²) in [7, 11) is 0. The van der Waals surface area contributed by atoms with E-state index < -0.39 is 11.6 Å². The lowest BCUT2D eigenvalue weighted by Crippen LogP contribution is -2.54. The van der Waals surface area contributed by atoms with Crippen molar-refractivity contribution >= 4 is 27.9 Å². The first-order valence-electron chi connectivity index (χ1n) is 6.65. The van der Waals surface area contributed by atoms with Crippen LogP contribution in [0.5, 0.6) is 0 Å². The van der Waals surface area contributed by atoms with Gasteiger partial charge >= 0.3 is 6.03 Å². The molecule has 1 fully saturated rings. The summed E-state index contributed by atoms with van der Waals surface area (Å²) in [5.74, 6) is -0.219. The molecular weight excluding hydrogens is 320 g/mol. The highest BCUT2D eigenvalue weighted by Crippen LogP contribution is 2.58. The highest BCUT2D eigenvalue weighted by Gasteiger charge is 2.65. The van der Waals surface area contributed by atoms with Crippen LogP contribution in [0.25, 0.3) is 0 Å². The molecule has 0 aromatic heterocycles.